The second kappa shape index (κ2) is 4.30. The van der Waals surface area contributed by atoms with Crippen molar-refractivity contribution in [3.05, 3.63) is 11.0 Å². The molecular formula is C10H10ClN3S. The molecule has 0 saturated carbocycles. The minimum absolute atomic E-state index is 0.0544. The van der Waals surface area contributed by atoms with Crippen molar-refractivity contribution in [2.75, 3.05) is 11.1 Å². The highest BCUT2D eigenvalue weighted by Crippen LogP contribution is 2.36. The lowest BCUT2D eigenvalue weighted by atomic mass is 10.3. The van der Waals surface area contributed by atoms with Crippen molar-refractivity contribution >= 4 is 29.2 Å². The molecule has 78 valence electrons. The van der Waals surface area contributed by atoms with Crippen molar-refractivity contribution in [1.82, 2.24) is 9.97 Å². The van der Waals surface area contributed by atoms with Gasteiger partial charge >= 0.3 is 0 Å². The zero-order valence-corrected chi connectivity index (χ0v) is 9.82. The predicted molar refractivity (Wildman–Crippen MR) is 63.4 cm³/mol. The van der Waals surface area contributed by atoms with Crippen molar-refractivity contribution in [3.8, 4) is 12.3 Å². The molecule has 2 rings (SSSR count). The largest absolute Gasteiger partial charge is 0.356 e. The Kier molecular flexibility index (Phi) is 3.03. The SMILES string of the molecule is C#CC(C)Nc1nc(Cl)nc2c1SCC2. The van der Waals surface area contributed by atoms with Crippen LogP contribution in [0, 0.1) is 12.3 Å². The van der Waals surface area contributed by atoms with Crippen LogP contribution in [-0.2, 0) is 6.42 Å². The third-order valence-corrected chi connectivity index (χ3v) is 3.39. The van der Waals surface area contributed by atoms with Gasteiger partial charge in [0.1, 0.15) is 5.82 Å². The molecule has 0 fully saturated rings. The molecule has 5 heteroatoms. The topological polar surface area (TPSA) is 37.8 Å². The van der Waals surface area contributed by atoms with E-state index in [9.17, 15) is 0 Å². The Bertz CT molecular complexity index is 427. The van der Waals surface area contributed by atoms with E-state index < -0.39 is 0 Å². The van der Waals surface area contributed by atoms with Gasteiger partial charge in [0.15, 0.2) is 0 Å². The highest BCUT2D eigenvalue weighted by atomic mass is 35.5. The van der Waals surface area contributed by atoms with Crippen LogP contribution in [0.25, 0.3) is 0 Å². The number of rotatable bonds is 2. The summed E-state index contributed by atoms with van der Waals surface area (Å²) in [5.41, 5.74) is 1.02. The summed E-state index contributed by atoms with van der Waals surface area (Å²) in [5.74, 6) is 4.39. The Morgan fingerprint density at radius 3 is 3.13 bits per heavy atom. The van der Waals surface area contributed by atoms with Gasteiger partial charge in [-0.25, -0.2) is 4.98 Å². The van der Waals surface area contributed by atoms with E-state index in [1.54, 1.807) is 11.8 Å². The molecule has 1 atom stereocenters. The minimum atomic E-state index is -0.0544. The van der Waals surface area contributed by atoms with Gasteiger partial charge in [-0.2, -0.15) is 4.98 Å². The van der Waals surface area contributed by atoms with E-state index in [0.29, 0.717) is 0 Å². The van der Waals surface area contributed by atoms with Crippen LogP contribution in [0.15, 0.2) is 4.90 Å². The number of anilines is 1. The lowest BCUT2D eigenvalue weighted by molar-refractivity contribution is 0.940. The fourth-order valence-corrected chi connectivity index (χ4v) is 2.62. The van der Waals surface area contributed by atoms with Crippen LogP contribution in [0.3, 0.4) is 0 Å². The van der Waals surface area contributed by atoms with Gasteiger partial charge in [-0.3, -0.25) is 0 Å². The molecule has 0 bridgehead atoms. The molecule has 0 aromatic carbocycles. The average molecular weight is 240 g/mol. The van der Waals surface area contributed by atoms with Crippen LogP contribution in [0.5, 0.6) is 0 Å². The predicted octanol–water partition coefficient (Wildman–Crippen LogP) is 2.21. The monoisotopic (exact) mass is 239 g/mol. The number of halogens is 1. The lowest BCUT2D eigenvalue weighted by Gasteiger charge is -2.11. The maximum Gasteiger partial charge on any atom is 0.224 e. The van der Waals surface area contributed by atoms with E-state index in [1.165, 1.54) is 0 Å². The van der Waals surface area contributed by atoms with Crippen LogP contribution >= 0.6 is 23.4 Å². The van der Waals surface area contributed by atoms with Gasteiger partial charge in [-0.15, -0.1) is 18.2 Å². The molecule has 1 unspecified atom stereocenters. The molecule has 1 aliphatic rings. The number of nitrogens with zero attached hydrogens (tertiary/aromatic N) is 2. The van der Waals surface area contributed by atoms with Crippen LogP contribution in [0.1, 0.15) is 12.6 Å². The number of aryl methyl sites for hydroxylation is 1. The summed E-state index contributed by atoms with van der Waals surface area (Å²) in [6.07, 6.45) is 6.25. The van der Waals surface area contributed by atoms with Gasteiger partial charge < -0.3 is 5.32 Å². The first-order chi connectivity index (χ1) is 7.20. The average Bonchev–Trinajstić information content (AvgIpc) is 2.65. The van der Waals surface area contributed by atoms with Gasteiger partial charge in [-0.05, 0) is 18.5 Å². The molecule has 15 heavy (non-hydrogen) atoms. The van der Waals surface area contributed by atoms with Crippen molar-refractivity contribution < 1.29 is 0 Å². The molecule has 0 spiro atoms. The van der Waals surface area contributed by atoms with Crippen molar-refractivity contribution in [3.63, 3.8) is 0 Å². The zero-order valence-electron chi connectivity index (χ0n) is 8.25. The Morgan fingerprint density at radius 2 is 2.40 bits per heavy atom. The standard InChI is InChI=1S/C10H10ClN3S/c1-3-6(2)12-9-8-7(4-5-15-8)13-10(11)14-9/h1,6H,4-5H2,2H3,(H,12,13,14). The molecule has 0 amide bonds. The first-order valence-electron chi connectivity index (χ1n) is 4.62. The number of aromatic nitrogens is 2. The summed E-state index contributed by atoms with van der Waals surface area (Å²) in [6, 6.07) is -0.0544. The molecule has 3 nitrogen and oxygen atoms in total. The quantitative estimate of drug-likeness (QED) is 0.634. The smallest absolute Gasteiger partial charge is 0.224 e. The maximum absolute atomic E-state index is 5.83. The summed E-state index contributed by atoms with van der Waals surface area (Å²) in [5, 5.41) is 3.42. The van der Waals surface area contributed by atoms with Crippen molar-refractivity contribution in [2.45, 2.75) is 24.3 Å². The van der Waals surface area contributed by atoms with Crippen molar-refractivity contribution in [1.29, 1.82) is 0 Å². The summed E-state index contributed by atoms with van der Waals surface area (Å²) < 4.78 is 0. The first-order valence-corrected chi connectivity index (χ1v) is 5.99. The lowest BCUT2D eigenvalue weighted by Crippen LogP contribution is -2.14. The molecular weight excluding hydrogens is 230 g/mol. The minimum Gasteiger partial charge on any atom is -0.356 e. The summed E-state index contributed by atoms with van der Waals surface area (Å²) >= 11 is 7.57. The Balaban J connectivity index is 2.35. The van der Waals surface area contributed by atoms with E-state index in [1.807, 2.05) is 6.92 Å². The third-order valence-electron chi connectivity index (χ3n) is 2.10. The molecule has 0 aliphatic carbocycles. The van der Waals surface area contributed by atoms with E-state index in [-0.39, 0.29) is 11.3 Å². The zero-order chi connectivity index (χ0) is 10.8. The van der Waals surface area contributed by atoms with Gasteiger partial charge in [0.2, 0.25) is 5.28 Å². The summed E-state index contributed by atoms with van der Waals surface area (Å²) in [6.45, 7) is 1.90. The van der Waals surface area contributed by atoms with E-state index in [2.05, 4.69) is 21.2 Å². The van der Waals surface area contributed by atoms with Crippen LogP contribution in [0.4, 0.5) is 5.82 Å². The number of thioether (sulfide) groups is 1. The van der Waals surface area contributed by atoms with Gasteiger partial charge in [0.05, 0.1) is 16.6 Å². The fourth-order valence-electron chi connectivity index (χ4n) is 1.38. The fraction of sp³-hybridized carbons (Fsp3) is 0.400. The van der Waals surface area contributed by atoms with Gasteiger partial charge in [-0.1, -0.05) is 5.92 Å². The molecule has 1 N–H and O–H groups in total. The summed E-state index contributed by atoms with van der Waals surface area (Å²) in [4.78, 5) is 9.43. The van der Waals surface area contributed by atoms with E-state index >= 15 is 0 Å². The molecule has 0 saturated heterocycles. The van der Waals surface area contributed by atoms with Gasteiger partial charge in [0, 0.05) is 12.2 Å². The van der Waals surface area contributed by atoms with Gasteiger partial charge in [0.25, 0.3) is 0 Å². The number of hydrogen-bond donors (Lipinski definition) is 1. The molecule has 1 aromatic heterocycles. The van der Waals surface area contributed by atoms with E-state index in [4.69, 9.17) is 18.0 Å². The molecule has 2 heterocycles. The van der Waals surface area contributed by atoms with Crippen LogP contribution in [0.2, 0.25) is 5.28 Å². The number of terminal acetylenes is 1. The number of nitrogens with one attached hydrogen (secondary N) is 1. The summed E-state index contributed by atoms with van der Waals surface area (Å²) in [7, 11) is 0. The first kappa shape index (κ1) is 10.6. The second-order valence-electron chi connectivity index (χ2n) is 3.25. The van der Waals surface area contributed by atoms with Crippen LogP contribution in [-0.4, -0.2) is 21.8 Å². The molecule has 1 aliphatic heterocycles. The second-order valence-corrected chi connectivity index (χ2v) is 4.69. The number of fused-ring (bicyclic) bond motifs is 1. The van der Waals surface area contributed by atoms with Crippen LogP contribution < -0.4 is 5.32 Å². The Morgan fingerprint density at radius 1 is 1.60 bits per heavy atom. The maximum atomic E-state index is 5.83. The third kappa shape index (κ3) is 2.19. The Hall–Kier alpha value is -0.920. The van der Waals surface area contributed by atoms with E-state index in [0.717, 1.165) is 28.6 Å². The van der Waals surface area contributed by atoms with Crippen molar-refractivity contribution in [2.24, 2.45) is 0 Å². The molecule has 1 aromatic rings. The highest BCUT2D eigenvalue weighted by molar-refractivity contribution is 7.99. The highest BCUT2D eigenvalue weighted by Gasteiger charge is 2.20. The Labute approximate surface area is 98.0 Å². The number of hydrogen-bond acceptors (Lipinski definition) is 4. The molecule has 0 radical (unpaired) electrons. The normalized spacial score (nSPS) is 15.5.